The lowest BCUT2D eigenvalue weighted by molar-refractivity contribution is -0.115. The molecule has 0 unspecified atom stereocenters. The van der Waals surface area contributed by atoms with Crippen molar-refractivity contribution in [3.63, 3.8) is 0 Å². The Labute approximate surface area is 175 Å². The van der Waals surface area contributed by atoms with Gasteiger partial charge in [-0.2, -0.15) is 0 Å². The van der Waals surface area contributed by atoms with Gasteiger partial charge in [-0.05, 0) is 48.5 Å². The maximum Gasteiger partial charge on any atom is 0.261 e. The molecule has 0 fully saturated rings. The highest BCUT2D eigenvalue weighted by atomic mass is 32.2. The van der Waals surface area contributed by atoms with Gasteiger partial charge in [0.25, 0.3) is 10.0 Å². The first-order valence-electron chi connectivity index (χ1n) is 9.02. The summed E-state index contributed by atoms with van der Waals surface area (Å²) < 4.78 is 51.8. The third kappa shape index (κ3) is 5.68. The highest BCUT2D eigenvalue weighted by Crippen LogP contribution is 2.18. The van der Waals surface area contributed by atoms with E-state index in [9.17, 15) is 21.6 Å². The highest BCUT2D eigenvalue weighted by molar-refractivity contribution is 7.92. The van der Waals surface area contributed by atoms with E-state index in [-0.39, 0.29) is 22.0 Å². The van der Waals surface area contributed by atoms with E-state index in [1.54, 1.807) is 48.5 Å². The number of carbonyl (C=O) groups excluding carboxylic acids is 1. The van der Waals surface area contributed by atoms with Gasteiger partial charge in [-0.25, -0.2) is 16.8 Å². The lowest BCUT2D eigenvalue weighted by atomic mass is 10.3. The zero-order chi connectivity index (χ0) is 21.6. The van der Waals surface area contributed by atoms with Crippen molar-refractivity contribution in [3.05, 3.63) is 84.9 Å². The van der Waals surface area contributed by atoms with Crippen molar-refractivity contribution >= 4 is 37.1 Å². The van der Waals surface area contributed by atoms with Gasteiger partial charge in [0.05, 0.1) is 15.5 Å². The van der Waals surface area contributed by atoms with Crippen molar-refractivity contribution in [2.45, 2.75) is 16.2 Å². The molecule has 0 saturated heterocycles. The van der Waals surface area contributed by atoms with E-state index in [1.807, 2.05) is 0 Å². The van der Waals surface area contributed by atoms with E-state index in [0.717, 1.165) is 0 Å². The number of nitrogens with one attached hydrogen (secondary N) is 2. The molecule has 3 rings (SSSR count). The maximum atomic E-state index is 12.4. The Hall–Kier alpha value is -3.17. The van der Waals surface area contributed by atoms with E-state index < -0.39 is 25.8 Å². The quantitative estimate of drug-likeness (QED) is 0.554. The molecule has 1 amide bonds. The van der Waals surface area contributed by atoms with Crippen LogP contribution in [0.3, 0.4) is 0 Å². The standard InChI is InChI=1S/C21H20N2O5S2/c24-21(15-16-29(25,26)19-9-5-2-6-10-19)22-17-11-13-20(14-12-17)30(27,28)23-18-7-3-1-4-8-18/h1-14,23H,15-16H2,(H,22,24). The molecule has 30 heavy (non-hydrogen) atoms. The lowest BCUT2D eigenvalue weighted by Crippen LogP contribution is -2.17. The molecular formula is C21H20N2O5S2. The molecule has 0 aromatic heterocycles. The zero-order valence-corrected chi connectivity index (χ0v) is 17.5. The second-order valence-corrected chi connectivity index (χ2v) is 10.2. The summed E-state index contributed by atoms with van der Waals surface area (Å²) in [6, 6.07) is 22.0. The van der Waals surface area contributed by atoms with Gasteiger partial charge in [-0.15, -0.1) is 0 Å². The zero-order valence-electron chi connectivity index (χ0n) is 15.9. The molecular weight excluding hydrogens is 424 g/mol. The van der Waals surface area contributed by atoms with Crippen LogP contribution >= 0.6 is 0 Å². The first kappa shape index (κ1) is 21.5. The van der Waals surface area contributed by atoms with Gasteiger partial charge in [-0.1, -0.05) is 36.4 Å². The number of rotatable bonds is 8. The largest absolute Gasteiger partial charge is 0.326 e. The average molecular weight is 445 g/mol. The Kier molecular flexibility index (Phi) is 6.53. The summed E-state index contributed by atoms with van der Waals surface area (Å²) in [5.41, 5.74) is 0.810. The van der Waals surface area contributed by atoms with Crippen molar-refractivity contribution in [3.8, 4) is 0 Å². The number of benzene rings is 3. The fourth-order valence-corrected chi connectivity index (χ4v) is 4.95. The molecule has 9 heteroatoms. The Balaban J connectivity index is 1.59. The third-order valence-corrected chi connectivity index (χ3v) is 7.30. The van der Waals surface area contributed by atoms with Crippen LogP contribution in [0.15, 0.2) is 94.7 Å². The predicted molar refractivity (Wildman–Crippen MR) is 115 cm³/mol. The van der Waals surface area contributed by atoms with E-state index in [1.165, 1.54) is 36.4 Å². The van der Waals surface area contributed by atoms with Crippen molar-refractivity contribution in [1.82, 2.24) is 0 Å². The summed E-state index contributed by atoms with van der Waals surface area (Å²) in [4.78, 5) is 12.3. The van der Waals surface area contributed by atoms with Gasteiger partial charge in [0.15, 0.2) is 9.84 Å². The molecule has 0 spiro atoms. The number of sulfonamides is 1. The van der Waals surface area contributed by atoms with Crippen LogP contribution in [-0.4, -0.2) is 28.5 Å². The lowest BCUT2D eigenvalue weighted by Gasteiger charge is -2.10. The van der Waals surface area contributed by atoms with Crippen LogP contribution in [0, 0.1) is 0 Å². The van der Waals surface area contributed by atoms with E-state index >= 15 is 0 Å². The maximum absolute atomic E-state index is 12.4. The van der Waals surface area contributed by atoms with E-state index in [0.29, 0.717) is 11.4 Å². The van der Waals surface area contributed by atoms with Crippen LogP contribution in [-0.2, 0) is 24.7 Å². The fraction of sp³-hybridized carbons (Fsp3) is 0.0952. The van der Waals surface area contributed by atoms with Gasteiger partial charge >= 0.3 is 0 Å². The second-order valence-electron chi connectivity index (χ2n) is 6.43. The van der Waals surface area contributed by atoms with Crippen LogP contribution in [0.2, 0.25) is 0 Å². The number of carbonyl (C=O) groups is 1. The predicted octanol–water partition coefficient (Wildman–Crippen LogP) is 3.29. The number of hydrogen-bond donors (Lipinski definition) is 2. The molecule has 0 aliphatic carbocycles. The molecule has 0 heterocycles. The SMILES string of the molecule is O=C(CCS(=O)(=O)c1ccccc1)Nc1ccc(S(=O)(=O)Nc2ccccc2)cc1. The van der Waals surface area contributed by atoms with Crippen LogP contribution in [0.5, 0.6) is 0 Å². The molecule has 0 atom stereocenters. The van der Waals surface area contributed by atoms with Crippen molar-refractivity contribution in [2.24, 2.45) is 0 Å². The monoisotopic (exact) mass is 444 g/mol. The van der Waals surface area contributed by atoms with Crippen LogP contribution in [0.4, 0.5) is 11.4 Å². The minimum atomic E-state index is -3.76. The summed E-state index contributed by atoms with van der Waals surface area (Å²) in [6.45, 7) is 0. The fourth-order valence-electron chi connectivity index (χ4n) is 2.63. The molecule has 156 valence electrons. The Bertz CT molecular complexity index is 1210. The van der Waals surface area contributed by atoms with E-state index in [4.69, 9.17) is 0 Å². The van der Waals surface area contributed by atoms with Crippen molar-refractivity contribution in [2.75, 3.05) is 15.8 Å². The Morgan fingerprint density at radius 1 is 0.667 bits per heavy atom. The first-order valence-corrected chi connectivity index (χ1v) is 12.2. The Morgan fingerprint density at radius 3 is 1.83 bits per heavy atom. The minimum absolute atomic E-state index is 0.0380. The van der Waals surface area contributed by atoms with Gasteiger partial charge in [0.2, 0.25) is 5.91 Å². The topological polar surface area (TPSA) is 109 Å². The number of hydrogen-bond acceptors (Lipinski definition) is 5. The number of sulfone groups is 1. The summed E-state index contributed by atoms with van der Waals surface area (Å²) >= 11 is 0. The smallest absolute Gasteiger partial charge is 0.261 e. The molecule has 0 radical (unpaired) electrons. The molecule has 3 aromatic carbocycles. The number of anilines is 2. The van der Waals surface area contributed by atoms with Crippen LogP contribution in [0.25, 0.3) is 0 Å². The van der Waals surface area contributed by atoms with Crippen molar-refractivity contribution in [1.29, 1.82) is 0 Å². The summed E-state index contributed by atoms with van der Waals surface area (Å²) in [7, 11) is -7.31. The van der Waals surface area contributed by atoms with Crippen LogP contribution < -0.4 is 10.0 Å². The van der Waals surface area contributed by atoms with Gasteiger partial charge in [-0.3, -0.25) is 9.52 Å². The molecule has 3 aromatic rings. The van der Waals surface area contributed by atoms with Gasteiger partial charge in [0, 0.05) is 17.8 Å². The van der Waals surface area contributed by atoms with Crippen molar-refractivity contribution < 1.29 is 21.6 Å². The second kappa shape index (κ2) is 9.10. The summed E-state index contributed by atoms with van der Waals surface area (Å²) in [5.74, 6) is -0.802. The first-order chi connectivity index (χ1) is 14.3. The molecule has 0 bridgehead atoms. The molecule has 0 aliphatic rings. The normalized spacial score (nSPS) is 11.6. The number of amides is 1. The van der Waals surface area contributed by atoms with Gasteiger partial charge in [0.1, 0.15) is 0 Å². The highest BCUT2D eigenvalue weighted by Gasteiger charge is 2.17. The molecule has 7 nitrogen and oxygen atoms in total. The van der Waals surface area contributed by atoms with Gasteiger partial charge < -0.3 is 5.32 Å². The van der Waals surface area contributed by atoms with E-state index in [2.05, 4.69) is 10.0 Å². The minimum Gasteiger partial charge on any atom is -0.326 e. The third-order valence-electron chi connectivity index (χ3n) is 4.17. The number of para-hydroxylation sites is 1. The Morgan fingerprint density at radius 2 is 1.23 bits per heavy atom. The summed E-state index contributed by atoms with van der Waals surface area (Å²) in [6.07, 6.45) is -0.215. The molecule has 0 saturated carbocycles. The summed E-state index contributed by atoms with van der Waals surface area (Å²) in [5, 5.41) is 2.58. The van der Waals surface area contributed by atoms with Crippen LogP contribution in [0.1, 0.15) is 6.42 Å². The molecule has 0 aliphatic heterocycles. The molecule has 2 N–H and O–H groups in total. The average Bonchev–Trinajstić information content (AvgIpc) is 2.74.